The summed E-state index contributed by atoms with van der Waals surface area (Å²) in [4.78, 5) is 8.73. The van der Waals surface area contributed by atoms with E-state index in [1.807, 2.05) is 31.7 Å². The van der Waals surface area contributed by atoms with Crippen molar-refractivity contribution in [1.82, 2.24) is 15.3 Å². The molecule has 3 rings (SSSR count). The quantitative estimate of drug-likeness (QED) is 0.786. The average molecular weight is 263 g/mol. The Balaban J connectivity index is 1.95. The number of rotatable bonds is 4. The first-order chi connectivity index (χ1) is 9.86. The summed E-state index contributed by atoms with van der Waals surface area (Å²) >= 11 is 0. The summed E-state index contributed by atoms with van der Waals surface area (Å²) in [5.41, 5.74) is 4.78. The van der Waals surface area contributed by atoms with Crippen molar-refractivity contribution in [2.45, 2.75) is 13.0 Å². The van der Waals surface area contributed by atoms with Gasteiger partial charge < -0.3 is 5.32 Å². The summed E-state index contributed by atoms with van der Waals surface area (Å²) in [6, 6.07) is 12.6. The summed E-state index contributed by atoms with van der Waals surface area (Å²) in [7, 11) is 1.95. The molecule has 0 aliphatic rings. The number of nitrogens with one attached hydrogen (secondary N) is 1. The van der Waals surface area contributed by atoms with Crippen molar-refractivity contribution < 1.29 is 0 Å². The summed E-state index contributed by atoms with van der Waals surface area (Å²) in [5, 5.41) is 4.37. The number of hydrogen-bond acceptors (Lipinski definition) is 3. The molecule has 1 N–H and O–H groups in total. The molecule has 3 heteroatoms. The number of nitrogens with zero attached hydrogens (tertiary/aromatic N) is 2. The second kappa shape index (κ2) is 5.80. The maximum Gasteiger partial charge on any atom is 0.0704 e. The van der Waals surface area contributed by atoms with Gasteiger partial charge in [-0.1, -0.05) is 24.3 Å². The highest BCUT2D eigenvalue weighted by atomic mass is 14.8. The Morgan fingerprint density at radius 1 is 1.05 bits per heavy atom. The van der Waals surface area contributed by atoms with Crippen molar-refractivity contribution in [3.05, 3.63) is 71.7 Å². The second-order valence-corrected chi connectivity index (χ2v) is 4.90. The number of benzene rings is 1. The molecule has 0 aliphatic heterocycles. The number of fused-ring (bicyclic) bond motifs is 1. The Bertz CT molecular complexity index is 717. The summed E-state index contributed by atoms with van der Waals surface area (Å²) in [6.45, 7) is 0.845. The molecule has 0 saturated heterocycles. The van der Waals surface area contributed by atoms with Gasteiger partial charge in [0.05, 0.1) is 5.52 Å². The zero-order valence-electron chi connectivity index (χ0n) is 11.5. The Labute approximate surface area is 118 Å². The third-order valence-electron chi connectivity index (χ3n) is 3.37. The highest BCUT2D eigenvalue weighted by Crippen LogP contribution is 2.19. The molecule has 0 bridgehead atoms. The van der Waals surface area contributed by atoms with Crippen molar-refractivity contribution in [1.29, 1.82) is 0 Å². The van der Waals surface area contributed by atoms with Gasteiger partial charge in [0.15, 0.2) is 0 Å². The van der Waals surface area contributed by atoms with Gasteiger partial charge in [0.2, 0.25) is 0 Å². The lowest BCUT2D eigenvalue weighted by molar-refractivity contribution is 0.811. The molecule has 0 atom stereocenters. The molecular weight excluding hydrogens is 246 g/mol. The lowest BCUT2D eigenvalue weighted by atomic mass is 10.0. The maximum absolute atomic E-state index is 4.40. The van der Waals surface area contributed by atoms with Crippen LogP contribution in [0, 0.1) is 0 Å². The molecule has 0 aliphatic carbocycles. The molecule has 3 nitrogen and oxygen atoms in total. The highest BCUT2D eigenvalue weighted by Gasteiger charge is 2.03. The third-order valence-corrected chi connectivity index (χ3v) is 3.37. The molecule has 0 amide bonds. The minimum atomic E-state index is 0.845. The molecule has 0 saturated carbocycles. The fourth-order valence-corrected chi connectivity index (χ4v) is 2.47. The topological polar surface area (TPSA) is 37.8 Å². The van der Waals surface area contributed by atoms with Crippen LogP contribution in [0.4, 0.5) is 0 Å². The number of aromatic nitrogens is 2. The van der Waals surface area contributed by atoms with Crippen molar-refractivity contribution in [2.24, 2.45) is 0 Å². The molecule has 0 fully saturated rings. The van der Waals surface area contributed by atoms with Gasteiger partial charge in [0.25, 0.3) is 0 Å². The van der Waals surface area contributed by atoms with Crippen LogP contribution in [0.3, 0.4) is 0 Å². The minimum absolute atomic E-state index is 0.845. The molecule has 1 aromatic carbocycles. The van der Waals surface area contributed by atoms with E-state index < -0.39 is 0 Å². The molecule has 20 heavy (non-hydrogen) atoms. The number of para-hydroxylation sites is 1. The first kappa shape index (κ1) is 12.8. The molecule has 2 aromatic heterocycles. The Morgan fingerprint density at radius 2 is 1.90 bits per heavy atom. The minimum Gasteiger partial charge on any atom is -0.316 e. The normalized spacial score (nSPS) is 10.8. The monoisotopic (exact) mass is 263 g/mol. The van der Waals surface area contributed by atoms with Crippen molar-refractivity contribution in [3.63, 3.8) is 0 Å². The van der Waals surface area contributed by atoms with Crippen LogP contribution in [0.5, 0.6) is 0 Å². The van der Waals surface area contributed by atoms with Crippen LogP contribution in [0.15, 0.2) is 55.0 Å². The van der Waals surface area contributed by atoms with E-state index in [9.17, 15) is 0 Å². The molecule has 2 heterocycles. The zero-order chi connectivity index (χ0) is 13.8. The zero-order valence-corrected chi connectivity index (χ0v) is 11.5. The van der Waals surface area contributed by atoms with Gasteiger partial charge in [-0.15, -0.1) is 0 Å². The van der Waals surface area contributed by atoms with E-state index in [1.54, 1.807) is 0 Å². The van der Waals surface area contributed by atoms with Gasteiger partial charge in [-0.2, -0.15) is 0 Å². The van der Waals surface area contributed by atoms with Crippen LogP contribution in [-0.4, -0.2) is 17.0 Å². The fraction of sp³-hybridized carbons (Fsp3) is 0.176. The van der Waals surface area contributed by atoms with Gasteiger partial charge in [-0.05, 0) is 42.3 Å². The van der Waals surface area contributed by atoms with Gasteiger partial charge in [-0.25, -0.2) is 0 Å². The van der Waals surface area contributed by atoms with Crippen molar-refractivity contribution in [3.8, 4) is 0 Å². The van der Waals surface area contributed by atoms with E-state index in [-0.39, 0.29) is 0 Å². The lowest BCUT2D eigenvalue weighted by Gasteiger charge is -2.07. The van der Waals surface area contributed by atoms with E-state index in [1.165, 1.54) is 22.1 Å². The van der Waals surface area contributed by atoms with Crippen molar-refractivity contribution >= 4 is 10.9 Å². The Hall–Kier alpha value is -2.26. The van der Waals surface area contributed by atoms with Gasteiger partial charge in [-0.3, -0.25) is 9.97 Å². The van der Waals surface area contributed by atoms with Crippen LogP contribution < -0.4 is 5.32 Å². The molecule has 0 unspecified atom stereocenters. The molecule has 0 radical (unpaired) electrons. The molecule has 3 aromatic rings. The standard InChI is InChI=1S/C17H17N3/c1-18-10-14-8-13(11-19-12-14)9-15-6-7-20-17-5-3-2-4-16(15)17/h2-8,11-12,18H,9-10H2,1H3. The van der Waals surface area contributed by atoms with E-state index >= 15 is 0 Å². The van der Waals surface area contributed by atoms with E-state index in [4.69, 9.17) is 0 Å². The molecule has 100 valence electrons. The Kier molecular flexibility index (Phi) is 3.70. The number of hydrogen-bond donors (Lipinski definition) is 1. The molecular formula is C17H17N3. The summed E-state index contributed by atoms with van der Waals surface area (Å²) in [5.74, 6) is 0. The van der Waals surface area contributed by atoms with Crippen LogP contribution in [0.2, 0.25) is 0 Å². The number of pyridine rings is 2. The second-order valence-electron chi connectivity index (χ2n) is 4.90. The van der Waals surface area contributed by atoms with Crippen LogP contribution >= 0.6 is 0 Å². The van der Waals surface area contributed by atoms with E-state index in [0.717, 1.165) is 18.5 Å². The first-order valence-electron chi connectivity index (χ1n) is 6.77. The highest BCUT2D eigenvalue weighted by molar-refractivity contribution is 5.82. The van der Waals surface area contributed by atoms with Crippen molar-refractivity contribution in [2.75, 3.05) is 7.05 Å². The smallest absolute Gasteiger partial charge is 0.0704 e. The van der Waals surface area contributed by atoms with Crippen LogP contribution in [-0.2, 0) is 13.0 Å². The first-order valence-corrected chi connectivity index (χ1v) is 6.77. The molecule has 0 spiro atoms. The van der Waals surface area contributed by atoms with Gasteiger partial charge in [0.1, 0.15) is 0 Å². The van der Waals surface area contributed by atoms with E-state index in [0.29, 0.717) is 0 Å². The van der Waals surface area contributed by atoms with Gasteiger partial charge >= 0.3 is 0 Å². The van der Waals surface area contributed by atoms with Gasteiger partial charge in [0, 0.05) is 30.5 Å². The van der Waals surface area contributed by atoms with Crippen LogP contribution in [0.1, 0.15) is 16.7 Å². The largest absolute Gasteiger partial charge is 0.316 e. The SMILES string of the molecule is CNCc1cncc(Cc2ccnc3ccccc23)c1. The van der Waals surface area contributed by atoms with Crippen LogP contribution in [0.25, 0.3) is 10.9 Å². The Morgan fingerprint density at radius 3 is 2.80 bits per heavy atom. The maximum atomic E-state index is 4.40. The predicted octanol–water partition coefficient (Wildman–Crippen LogP) is 2.94. The third kappa shape index (κ3) is 2.68. The average Bonchev–Trinajstić information content (AvgIpc) is 2.48. The van der Waals surface area contributed by atoms with E-state index in [2.05, 4.69) is 45.6 Å². The predicted molar refractivity (Wildman–Crippen MR) is 81.5 cm³/mol. The summed E-state index contributed by atoms with van der Waals surface area (Å²) < 4.78 is 0. The fourth-order valence-electron chi connectivity index (χ4n) is 2.47. The summed E-state index contributed by atoms with van der Waals surface area (Å²) in [6.07, 6.45) is 6.61. The lowest BCUT2D eigenvalue weighted by Crippen LogP contribution is -2.06.